The number of ether oxygens (including phenoxy) is 1. The topological polar surface area (TPSA) is 60.9 Å². The summed E-state index contributed by atoms with van der Waals surface area (Å²) in [5.74, 6) is 0.513. The Hall–Kier alpha value is -1.86. The Morgan fingerprint density at radius 2 is 2.09 bits per heavy atom. The molecule has 0 atom stereocenters. The molecule has 0 saturated carbocycles. The van der Waals surface area contributed by atoms with Gasteiger partial charge in [0.1, 0.15) is 11.3 Å². The van der Waals surface area contributed by atoms with E-state index in [1.54, 1.807) is 23.2 Å². The Labute approximate surface area is 130 Å². The molecule has 3 heterocycles. The fraction of sp³-hybridized carbons (Fsp3) is 0.467. The molecular weight excluding hydrogens is 283 g/mol. The molecule has 0 spiro atoms. The molecule has 3 rings (SSSR count). The van der Waals surface area contributed by atoms with Crippen molar-refractivity contribution >= 4 is 18.5 Å². The van der Waals surface area contributed by atoms with Crippen molar-refractivity contribution in [1.29, 1.82) is 0 Å². The van der Waals surface area contributed by atoms with Crippen molar-refractivity contribution in [3.63, 3.8) is 0 Å². The number of nitrogens with zero attached hydrogens (tertiary/aromatic N) is 2. The third-order valence-corrected chi connectivity index (χ3v) is 3.90. The summed E-state index contributed by atoms with van der Waals surface area (Å²) in [5, 5.41) is 0. The maximum atomic E-state index is 12.3. The van der Waals surface area contributed by atoms with Crippen molar-refractivity contribution in [2.24, 2.45) is 0 Å². The standard InChI is InChI=1S/C15H19BN2O4/c1-11-15(2,3)22-16(21-11)12-4-5-13(17-10-12)14(19)18-6-8-20-9-7-18/h4-5,10H,1,6-9H2,2-3H3. The van der Waals surface area contributed by atoms with Crippen LogP contribution in [-0.4, -0.2) is 54.8 Å². The van der Waals surface area contributed by atoms with Crippen LogP contribution in [0.3, 0.4) is 0 Å². The van der Waals surface area contributed by atoms with Crippen molar-refractivity contribution in [3.05, 3.63) is 36.4 Å². The number of amides is 1. The third-order valence-electron chi connectivity index (χ3n) is 3.90. The smallest absolute Gasteiger partial charge is 0.534 e. The van der Waals surface area contributed by atoms with Crippen LogP contribution in [0.15, 0.2) is 30.7 Å². The molecule has 22 heavy (non-hydrogen) atoms. The minimum atomic E-state index is -0.525. The van der Waals surface area contributed by atoms with Crippen LogP contribution in [0, 0.1) is 0 Å². The van der Waals surface area contributed by atoms with E-state index in [1.165, 1.54) is 0 Å². The molecule has 0 aromatic carbocycles. The zero-order valence-corrected chi connectivity index (χ0v) is 12.9. The Kier molecular flexibility index (Phi) is 3.93. The largest absolute Gasteiger partial charge is 0.564 e. The molecule has 1 aromatic heterocycles. The van der Waals surface area contributed by atoms with E-state index in [0.717, 1.165) is 5.46 Å². The van der Waals surface area contributed by atoms with Crippen molar-refractivity contribution < 1.29 is 18.8 Å². The van der Waals surface area contributed by atoms with Gasteiger partial charge < -0.3 is 18.9 Å². The minimum absolute atomic E-state index is 0.0761. The first kappa shape index (κ1) is 15.1. The average molecular weight is 302 g/mol. The van der Waals surface area contributed by atoms with Gasteiger partial charge in [0, 0.05) is 24.7 Å². The average Bonchev–Trinajstić information content (AvgIpc) is 2.81. The maximum Gasteiger partial charge on any atom is 0.564 e. The highest BCUT2D eigenvalue weighted by Crippen LogP contribution is 2.28. The lowest BCUT2D eigenvalue weighted by Crippen LogP contribution is -2.41. The van der Waals surface area contributed by atoms with E-state index < -0.39 is 12.7 Å². The summed E-state index contributed by atoms with van der Waals surface area (Å²) in [4.78, 5) is 18.3. The van der Waals surface area contributed by atoms with Crippen LogP contribution in [0.25, 0.3) is 0 Å². The number of hydrogen-bond acceptors (Lipinski definition) is 5. The SMILES string of the molecule is C=C1OB(c2ccc(C(=O)N3CCOCC3)nc2)OC1(C)C. The number of carbonyl (C=O) groups is 1. The van der Waals surface area contributed by atoms with Crippen LogP contribution in [-0.2, 0) is 14.0 Å². The van der Waals surface area contributed by atoms with Crippen LogP contribution in [0.5, 0.6) is 0 Å². The first-order chi connectivity index (χ1) is 10.5. The molecule has 1 aromatic rings. The zero-order chi connectivity index (χ0) is 15.7. The molecule has 0 aliphatic carbocycles. The summed E-state index contributed by atoms with van der Waals surface area (Å²) < 4.78 is 16.6. The summed E-state index contributed by atoms with van der Waals surface area (Å²) in [7, 11) is -0.525. The van der Waals surface area contributed by atoms with E-state index in [2.05, 4.69) is 11.6 Å². The molecule has 0 bridgehead atoms. The van der Waals surface area contributed by atoms with Gasteiger partial charge in [-0.3, -0.25) is 9.78 Å². The van der Waals surface area contributed by atoms with Crippen LogP contribution in [0.4, 0.5) is 0 Å². The Balaban J connectivity index is 1.70. The molecule has 7 heteroatoms. The van der Waals surface area contributed by atoms with Gasteiger partial charge >= 0.3 is 7.12 Å². The van der Waals surface area contributed by atoms with Crippen LogP contribution >= 0.6 is 0 Å². The lowest BCUT2D eigenvalue weighted by atomic mass is 9.80. The number of hydrogen-bond donors (Lipinski definition) is 0. The predicted molar refractivity (Wildman–Crippen MR) is 81.7 cm³/mol. The second kappa shape index (κ2) is 5.74. The van der Waals surface area contributed by atoms with Crippen molar-refractivity contribution in [2.75, 3.05) is 26.3 Å². The lowest BCUT2D eigenvalue weighted by molar-refractivity contribution is 0.0299. The molecule has 2 aliphatic rings. The molecule has 116 valence electrons. The van der Waals surface area contributed by atoms with E-state index in [-0.39, 0.29) is 5.91 Å². The van der Waals surface area contributed by atoms with Crippen molar-refractivity contribution in [2.45, 2.75) is 19.4 Å². The first-order valence-electron chi connectivity index (χ1n) is 7.34. The molecule has 0 N–H and O–H groups in total. The van der Waals surface area contributed by atoms with Gasteiger partial charge in [0.15, 0.2) is 0 Å². The quantitative estimate of drug-likeness (QED) is 0.748. The maximum absolute atomic E-state index is 12.3. The van der Waals surface area contributed by atoms with Crippen LogP contribution < -0.4 is 5.46 Å². The number of aromatic nitrogens is 1. The van der Waals surface area contributed by atoms with E-state index in [9.17, 15) is 4.79 Å². The van der Waals surface area contributed by atoms with Crippen LogP contribution in [0.2, 0.25) is 0 Å². The number of morpholine rings is 1. The van der Waals surface area contributed by atoms with Gasteiger partial charge in [-0.2, -0.15) is 0 Å². The molecular formula is C15H19BN2O4. The minimum Gasteiger partial charge on any atom is -0.534 e. The van der Waals surface area contributed by atoms with Gasteiger partial charge in [0.2, 0.25) is 0 Å². The molecule has 1 amide bonds. The van der Waals surface area contributed by atoms with Gasteiger partial charge in [0.25, 0.3) is 5.91 Å². The van der Waals surface area contributed by atoms with Crippen molar-refractivity contribution in [1.82, 2.24) is 9.88 Å². The fourth-order valence-corrected chi connectivity index (χ4v) is 2.36. The molecule has 6 nitrogen and oxygen atoms in total. The van der Waals surface area contributed by atoms with Gasteiger partial charge in [0.05, 0.1) is 19.0 Å². The van der Waals surface area contributed by atoms with E-state index in [1.807, 2.05) is 13.8 Å². The Morgan fingerprint density at radius 1 is 1.36 bits per heavy atom. The molecule has 2 fully saturated rings. The van der Waals surface area contributed by atoms with Crippen molar-refractivity contribution in [3.8, 4) is 0 Å². The molecule has 0 unspecified atom stereocenters. The molecule has 2 aliphatic heterocycles. The highest BCUT2D eigenvalue weighted by Gasteiger charge is 2.43. The second-order valence-corrected chi connectivity index (χ2v) is 5.88. The van der Waals surface area contributed by atoms with E-state index in [0.29, 0.717) is 37.8 Å². The third kappa shape index (κ3) is 2.87. The fourth-order valence-electron chi connectivity index (χ4n) is 2.36. The molecule has 0 radical (unpaired) electrons. The number of rotatable bonds is 2. The highest BCUT2D eigenvalue weighted by atomic mass is 16.7. The Bertz CT molecular complexity index is 582. The highest BCUT2D eigenvalue weighted by molar-refractivity contribution is 6.62. The second-order valence-electron chi connectivity index (χ2n) is 5.88. The van der Waals surface area contributed by atoms with Crippen LogP contribution in [0.1, 0.15) is 24.3 Å². The normalized spacial score (nSPS) is 20.9. The zero-order valence-electron chi connectivity index (χ0n) is 12.9. The van der Waals surface area contributed by atoms with Gasteiger partial charge in [-0.25, -0.2) is 0 Å². The Morgan fingerprint density at radius 3 is 2.64 bits per heavy atom. The number of pyridine rings is 1. The van der Waals surface area contributed by atoms with Gasteiger partial charge in [-0.05, 0) is 19.9 Å². The van der Waals surface area contributed by atoms with E-state index >= 15 is 0 Å². The number of carbonyl (C=O) groups excluding carboxylic acids is 1. The summed E-state index contributed by atoms with van der Waals surface area (Å²) in [6.45, 7) is 10.0. The first-order valence-corrected chi connectivity index (χ1v) is 7.34. The van der Waals surface area contributed by atoms with E-state index in [4.69, 9.17) is 14.0 Å². The summed E-state index contributed by atoms with van der Waals surface area (Å²) in [6.07, 6.45) is 1.62. The lowest BCUT2D eigenvalue weighted by Gasteiger charge is -2.26. The summed E-state index contributed by atoms with van der Waals surface area (Å²) in [6, 6.07) is 3.51. The van der Waals surface area contributed by atoms with Gasteiger partial charge in [-0.15, -0.1) is 0 Å². The van der Waals surface area contributed by atoms with Gasteiger partial charge in [-0.1, -0.05) is 12.6 Å². The predicted octanol–water partition coefficient (Wildman–Crippen LogP) is 0.588. The summed E-state index contributed by atoms with van der Waals surface area (Å²) in [5.41, 5.74) is 0.666. The monoisotopic (exact) mass is 302 g/mol. The summed E-state index contributed by atoms with van der Waals surface area (Å²) >= 11 is 0. The molecule has 2 saturated heterocycles.